The highest BCUT2D eigenvalue weighted by atomic mass is 32.2. The van der Waals surface area contributed by atoms with E-state index < -0.39 is 5.76 Å². The van der Waals surface area contributed by atoms with E-state index in [0.717, 1.165) is 16.9 Å². The molecule has 0 aliphatic carbocycles. The summed E-state index contributed by atoms with van der Waals surface area (Å²) in [5, 5.41) is 3.33. The van der Waals surface area contributed by atoms with Gasteiger partial charge in [0.25, 0.3) is 17.1 Å². The number of thioether (sulfide) groups is 1. The zero-order valence-corrected chi connectivity index (χ0v) is 17.6. The summed E-state index contributed by atoms with van der Waals surface area (Å²) < 4.78 is 28.7. The first-order valence-corrected chi connectivity index (χ1v) is 10.4. The maximum atomic E-state index is 13.1. The zero-order valence-electron chi connectivity index (χ0n) is 15.9. The third-order valence-electron chi connectivity index (χ3n) is 4.54. The highest BCUT2D eigenvalue weighted by molar-refractivity contribution is 7.99. The first-order chi connectivity index (χ1) is 14.4. The van der Waals surface area contributed by atoms with Crippen LogP contribution in [0.4, 0.5) is 14.5 Å². The molecule has 0 aliphatic heterocycles. The van der Waals surface area contributed by atoms with Gasteiger partial charge in [0.15, 0.2) is 0 Å². The quantitative estimate of drug-likeness (QED) is 0.247. The molecule has 4 aromatic rings. The molecule has 0 spiro atoms. The lowest BCUT2D eigenvalue weighted by Gasteiger charge is -2.05. The van der Waals surface area contributed by atoms with Crippen molar-refractivity contribution >= 4 is 41.6 Å². The minimum absolute atomic E-state index is 0.343. The van der Waals surface area contributed by atoms with Crippen LogP contribution in [0.25, 0.3) is 11.3 Å². The molecule has 152 valence electrons. The van der Waals surface area contributed by atoms with Gasteiger partial charge in [0.1, 0.15) is 5.69 Å². The van der Waals surface area contributed by atoms with Crippen molar-refractivity contribution in [2.45, 2.75) is 22.6 Å². The van der Waals surface area contributed by atoms with Crippen LogP contribution >= 0.6 is 24.4 Å². The van der Waals surface area contributed by atoms with Gasteiger partial charge < -0.3 is 5.32 Å². The summed E-state index contributed by atoms with van der Waals surface area (Å²) in [6.07, 6.45) is 1.88. The number of carbonyl (C=O) groups excluding carboxylic acids is 1. The molecule has 0 radical (unpaired) electrons. The summed E-state index contributed by atoms with van der Waals surface area (Å²) in [6, 6.07) is 19.9. The number of fused-ring (bicyclic) bond motifs is 1. The van der Waals surface area contributed by atoms with Gasteiger partial charge in [-0.3, -0.25) is 4.79 Å². The number of para-hydroxylation sites is 1. The predicted octanol–water partition coefficient (Wildman–Crippen LogP) is 5.38. The Balaban J connectivity index is 1.74. The summed E-state index contributed by atoms with van der Waals surface area (Å²) in [4.78, 5) is 13.6. The Morgan fingerprint density at radius 2 is 1.77 bits per heavy atom. The van der Waals surface area contributed by atoms with E-state index in [0.29, 0.717) is 33.1 Å². The topological polar surface area (TPSA) is 38.1 Å². The molecule has 4 nitrogen and oxygen atoms in total. The van der Waals surface area contributed by atoms with Crippen molar-refractivity contribution in [1.82, 2.24) is 4.57 Å². The van der Waals surface area contributed by atoms with Crippen LogP contribution in [0.1, 0.15) is 16.1 Å². The summed E-state index contributed by atoms with van der Waals surface area (Å²) in [5.41, 5.74) is 3.57. The molecule has 0 atom stereocenters. The maximum absolute atomic E-state index is 13.1. The smallest absolute Gasteiger partial charge is 0.301 e. The van der Waals surface area contributed by atoms with Gasteiger partial charge in [-0.25, -0.2) is 0 Å². The van der Waals surface area contributed by atoms with Crippen molar-refractivity contribution in [1.29, 1.82) is 0 Å². The second-order valence-corrected chi connectivity index (χ2v) is 8.12. The molecule has 1 amide bonds. The van der Waals surface area contributed by atoms with E-state index in [9.17, 15) is 13.6 Å². The normalized spacial score (nSPS) is 11.2. The molecule has 4 rings (SSSR count). The number of halogens is 2. The van der Waals surface area contributed by atoms with Crippen molar-refractivity contribution in [2.24, 2.45) is 0 Å². The number of benzene rings is 2. The Morgan fingerprint density at radius 1 is 1.07 bits per heavy atom. The fourth-order valence-corrected chi connectivity index (χ4v) is 4.16. The van der Waals surface area contributed by atoms with E-state index in [1.54, 1.807) is 28.7 Å². The molecule has 0 bridgehead atoms. The van der Waals surface area contributed by atoms with Crippen LogP contribution in [0.15, 0.2) is 82.8 Å². The fraction of sp³-hybridized carbons (Fsp3) is 0.0909. The number of rotatable bonds is 5. The average molecular weight is 443 g/mol. The number of carbonyl (C=O) groups is 1. The Bertz CT molecular complexity index is 1210. The number of imidazole rings is 1. The summed E-state index contributed by atoms with van der Waals surface area (Å²) >= 11 is 5.13. The van der Waals surface area contributed by atoms with Gasteiger partial charge in [-0.15, -0.1) is 0 Å². The van der Waals surface area contributed by atoms with Gasteiger partial charge in [0, 0.05) is 16.6 Å². The van der Waals surface area contributed by atoms with Crippen molar-refractivity contribution in [3.63, 3.8) is 0 Å². The molecule has 0 saturated heterocycles. The Kier molecular flexibility index (Phi) is 5.78. The number of amides is 1. The molecular weight excluding hydrogens is 424 g/mol. The van der Waals surface area contributed by atoms with Crippen molar-refractivity contribution in [3.8, 4) is 5.69 Å². The van der Waals surface area contributed by atoms with E-state index in [2.05, 4.69) is 17.9 Å². The van der Waals surface area contributed by atoms with Crippen LogP contribution in [0.5, 0.6) is 0 Å². The Morgan fingerprint density at radius 3 is 2.43 bits per heavy atom. The minimum Gasteiger partial charge on any atom is -0.319 e. The molecule has 0 aliphatic rings. The number of alkyl halides is 2. The number of hydrogen-bond donors (Lipinski definition) is 2. The number of anilines is 1. The molecule has 2 aromatic heterocycles. The first kappa shape index (κ1) is 20.4. The molecule has 0 unspecified atom stereocenters. The van der Waals surface area contributed by atoms with Crippen LogP contribution in [0.3, 0.4) is 0 Å². The van der Waals surface area contributed by atoms with Crippen LogP contribution in [-0.2, 0) is 0 Å². The fourth-order valence-electron chi connectivity index (χ4n) is 3.24. The molecule has 0 fully saturated rings. The summed E-state index contributed by atoms with van der Waals surface area (Å²) in [5.74, 6) is -2.83. The van der Waals surface area contributed by atoms with Gasteiger partial charge in [-0.2, -0.15) is 17.7 Å². The van der Waals surface area contributed by atoms with E-state index in [4.69, 9.17) is 0 Å². The minimum atomic E-state index is -2.49. The van der Waals surface area contributed by atoms with Crippen molar-refractivity contribution < 1.29 is 18.0 Å². The highest BCUT2D eigenvalue weighted by Crippen LogP contribution is 2.27. The molecule has 30 heavy (non-hydrogen) atoms. The Labute approximate surface area is 182 Å². The number of aryl methyl sites for hydroxylation is 1. The predicted molar refractivity (Wildman–Crippen MR) is 117 cm³/mol. The number of hydrogen-bond acceptors (Lipinski definition) is 3. The zero-order chi connectivity index (χ0) is 21.3. The number of nitrogens with one attached hydrogen (secondary N) is 1. The summed E-state index contributed by atoms with van der Waals surface area (Å²) in [6.45, 7) is 1.95. The monoisotopic (exact) mass is 442 g/mol. The molecule has 2 aromatic carbocycles. The standard InChI is InChI=1S/C22H17F2N3OS2/c1-14-7-12-18-26(13-14)19(21(29)27(18)16-5-3-2-4-6-16)20(28)25-15-8-10-17(11-9-15)30-22(23)24/h2-13,22H,1H3,(H-,25,28,29)/p+1. The van der Waals surface area contributed by atoms with E-state index in [1.807, 2.05) is 60.2 Å². The van der Waals surface area contributed by atoms with Crippen LogP contribution in [0.2, 0.25) is 0 Å². The lowest BCUT2D eigenvalue weighted by atomic mass is 10.3. The third-order valence-corrected chi connectivity index (χ3v) is 5.67. The number of aromatic nitrogens is 2. The van der Waals surface area contributed by atoms with Crippen molar-refractivity contribution in [2.75, 3.05) is 5.32 Å². The average Bonchev–Trinajstić information content (AvgIpc) is 3.00. The number of thiol groups is 1. The SMILES string of the molecule is Cc1ccc2n(-c3ccccc3)c(S)c(C(=O)Nc3ccc(SC(F)F)cc3)[n+]2c1. The highest BCUT2D eigenvalue weighted by Gasteiger charge is 2.30. The number of nitrogens with zero attached hydrogens (tertiary/aromatic N) is 2. The Hall–Kier alpha value is -2.84. The van der Waals surface area contributed by atoms with Gasteiger partial charge in [-0.1, -0.05) is 42.6 Å². The molecule has 8 heteroatoms. The van der Waals surface area contributed by atoms with E-state index in [-0.39, 0.29) is 5.91 Å². The lowest BCUT2D eigenvalue weighted by molar-refractivity contribution is -0.514. The third kappa shape index (κ3) is 4.06. The van der Waals surface area contributed by atoms with Gasteiger partial charge >= 0.3 is 5.91 Å². The van der Waals surface area contributed by atoms with Crippen LogP contribution < -0.4 is 9.72 Å². The lowest BCUT2D eigenvalue weighted by Crippen LogP contribution is -2.31. The summed E-state index contributed by atoms with van der Waals surface area (Å²) in [7, 11) is 0. The molecular formula is C22H18F2N3OS2+. The maximum Gasteiger partial charge on any atom is 0.301 e. The van der Waals surface area contributed by atoms with Crippen molar-refractivity contribution in [3.05, 3.63) is 84.2 Å². The molecule has 1 N–H and O–H groups in total. The van der Waals surface area contributed by atoms with Gasteiger partial charge in [-0.05, 0) is 55.0 Å². The van der Waals surface area contributed by atoms with Gasteiger partial charge in [0.2, 0.25) is 5.03 Å². The molecule has 0 saturated carbocycles. The van der Waals surface area contributed by atoms with Crippen LogP contribution in [0, 0.1) is 6.92 Å². The molecule has 2 heterocycles. The second-order valence-electron chi connectivity index (χ2n) is 6.63. The van der Waals surface area contributed by atoms with E-state index >= 15 is 0 Å². The second kappa shape index (κ2) is 8.49. The van der Waals surface area contributed by atoms with E-state index in [1.165, 1.54) is 0 Å². The first-order valence-electron chi connectivity index (χ1n) is 9.11. The largest absolute Gasteiger partial charge is 0.319 e. The number of pyridine rings is 1. The van der Waals surface area contributed by atoms with Crippen LogP contribution in [-0.4, -0.2) is 16.2 Å². The van der Waals surface area contributed by atoms with Gasteiger partial charge in [0.05, 0.1) is 6.20 Å².